The van der Waals surface area contributed by atoms with Crippen LogP contribution in [0.3, 0.4) is 0 Å². The van der Waals surface area contributed by atoms with Gasteiger partial charge in [0.15, 0.2) is 0 Å². The minimum Gasteiger partial charge on any atom is -0.437 e. The van der Waals surface area contributed by atoms with Gasteiger partial charge in [-0.1, -0.05) is 12.1 Å². The molecule has 9 nitrogen and oxygen atoms in total. The summed E-state index contributed by atoms with van der Waals surface area (Å²) in [6, 6.07) is 10.6. The van der Waals surface area contributed by atoms with Crippen LogP contribution in [0.4, 0.5) is 29.2 Å². The maximum absolute atomic E-state index is 14.9. The Kier molecular flexibility index (Phi) is 8.67. The molecular formula is C30H32F4N6O3S. The Hall–Kier alpha value is -4.04. The van der Waals surface area contributed by atoms with Gasteiger partial charge in [-0.3, -0.25) is 4.72 Å². The van der Waals surface area contributed by atoms with Crippen LogP contribution in [0.2, 0.25) is 0 Å². The van der Waals surface area contributed by atoms with Crippen LogP contribution in [0.1, 0.15) is 32.3 Å². The number of nitrogens with one attached hydrogen (secondary N) is 3. The standard InChI is InChI=1S/C30H32F4N6O3S/c1-18-6-7-20-21(8-9-23(31)25(20)40-44(41,42)14-11-30(3,33)34)26(18)43-27-22(5-4-12-36-27)24-10-13-37-28(39-24)38-19-15-29(2,32)17-35-16-19/h4-10,12-13,19,35,40H,11,14-17H2,1-3H3,(H,37,38,39)/t19?,29-/m0/s1. The Labute approximate surface area is 252 Å². The summed E-state index contributed by atoms with van der Waals surface area (Å²) >= 11 is 0. The molecule has 1 saturated heterocycles. The van der Waals surface area contributed by atoms with E-state index in [0.717, 1.165) is 6.07 Å². The molecule has 5 rings (SSSR count). The quantitative estimate of drug-likeness (QED) is 0.177. The van der Waals surface area contributed by atoms with E-state index in [1.54, 1.807) is 44.3 Å². The number of hydrogen-bond acceptors (Lipinski definition) is 8. The highest BCUT2D eigenvalue weighted by Gasteiger charge is 2.32. The van der Waals surface area contributed by atoms with Crippen molar-refractivity contribution in [3.8, 4) is 22.9 Å². The number of sulfonamides is 1. The lowest BCUT2D eigenvalue weighted by Gasteiger charge is -2.33. The number of fused-ring (bicyclic) bond motifs is 1. The zero-order chi connectivity index (χ0) is 31.7. The van der Waals surface area contributed by atoms with Gasteiger partial charge in [-0.15, -0.1) is 0 Å². The number of nitrogens with zero attached hydrogens (tertiary/aromatic N) is 3. The van der Waals surface area contributed by atoms with Gasteiger partial charge in [0.2, 0.25) is 27.8 Å². The van der Waals surface area contributed by atoms with Crippen molar-refractivity contribution in [1.29, 1.82) is 0 Å². The van der Waals surface area contributed by atoms with E-state index in [2.05, 4.69) is 30.3 Å². The van der Waals surface area contributed by atoms with Crippen molar-refractivity contribution in [1.82, 2.24) is 20.3 Å². The molecule has 3 heterocycles. The highest BCUT2D eigenvalue weighted by atomic mass is 32.2. The van der Waals surface area contributed by atoms with Gasteiger partial charge in [0.1, 0.15) is 17.2 Å². The first-order valence-electron chi connectivity index (χ1n) is 13.9. The second-order valence-corrected chi connectivity index (χ2v) is 13.1. The smallest absolute Gasteiger partial charge is 0.246 e. The van der Waals surface area contributed by atoms with Gasteiger partial charge >= 0.3 is 0 Å². The van der Waals surface area contributed by atoms with Crippen LogP contribution in [0.15, 0.2) is 54.9 Å². The van der Waals surface area contributed by atoms with E-state index in [1.165, 1.54) is 18.3 Å². The number of halogens is 4. The lowest BCUT2D eigenvalue weighted by atomic mass is 9.95. The molecule has 44 heavy (non-hydrogen) atoms. The van der Waals surface area contributed by atoms with Crippen molar-refractivity contribution >= 4 is 32.4 Å². The summed E-state index contributed by atoms with van der Waals surface area (Å²) in [5.74, 6) is -4.21. The number of benzene rings is 2. The third-order valence-corrected chi connectivity index (χ3v) is 8.41. The third kappa shape index (κ3) is 7.53. The average Bonchev–Trinajstić information content (AvgIpc) is 2.94. The van der Waals surface area contributed by atoms with Crippen molar-refractivity contribution in [3.05, 3.63) is 66.2 Å². The molecule has 3 N–H and O–H groups in total. The van der Waals surface area contributed by atoms with Crippen LogP contribution in [-0.2, 0) is 10.0 Å². The number of pyridine rings is 1. The second kappa shape index (κ2) is 12.2. The summed E-state index contributed by atoms with van der Waals surface area (Å²) in [4.78, 5) is 13.3. The Bertz CT molecular complexity index is 1780. The van der Waals surface area contributed by atoms with E-state index in [0.29, 0.717) is 48.0 Å². The summed E-state index contributed by atoms with van der Waals surface area (Å²) < 4.78 is 89.7. The van der Waals surface area contributed by atoms with E-state index in [-0.39, 0.29) is 35.3 Å². The molecule has 1 fully saturated rings. The first-order valence-corrected chi connectivity index (χ1v) is 15.6. The summed E-state index contributed by atoms with van der Waals surface area (Å²) in [7, 11) is -4.30. The zero-order valence-corrected chi connectivity index (χ0v) is 25.1. The molecular weight excluding hydrogens is 600 g/mol. The molecule has 0 bridgehead atoms. The number of ether oxygens (including phenoxy) is 1. The number of aromatic nitrogens is 3. The van der Waals surface area contributed by atoms with Gasteiger partial charge in [0.05, 0.1) is 22.7 Å². The molecule has 0 aliphatic carbocycles. The SMILES string of the molecule is Cc1ccc2c(NS(=O)(=O)CCC(C)(F)F)c(F)ccc2c1Oc1ncccc1-c1ccnc(NC2CNC[C@@](C)(F)C2)n1. The van der Waals surface area contributed by atoms with E-state index < -0.39 is 39.6 Å². The number of hydrogen-bond donors (Lipinski definition) is 3. The molecule has 4 aromatic rings. The molecule has 2 atom stereocenters. The molecule has 1 aliphatic rings. The van der Waals surface area contributed by atoms with Gasteiger partial charge in [-0.25, -0.2) is 40.9 Å². The van der Waals surface area contributed by atoms with Crippen molar-refractivity contribution in [3.63, 3.8) is 0 Å². The number of anilines is 2. The maximum Gasteiger partial charge on any atom is 0.246 e. The van der Waals surface area contributed by atoms with Crippen molar-refractivity contribution in [2.75, 3.05) is 28.9 Å². The zero-order valence-electron chi connectivity index (χ0n) is 24.3. The Balaban J connectivity index is 1.46. The Morgan fingerprint density at radius 3 is 2.64 bits per heavy atom. The molecule has 0 saturated carbocycles. The lowest BCUT2D eigenvalue weighted by Crippen LogP contribution is -2.50. The van der Waals surface area contributed by atoms with Crippen LogP contribution < -0.4 is 20.1 Å². The summed E-state index contributed by atoms with van der Waals surface area (Å²) in [6.07, 6.45) is 2.46. The maximum atomic E-state index is 14.9. The number of alkyl halides is 3. The predicted octanol–water partition coefficient (Wildman–Crippen LogP) is 6.22. The molecule has 14 heteroatoms. The highest BCUT2D eigenvalue weighted by Crippen LogP contribution is 2.40. The Morgan fingerprint density at radius 2 is 1.89 bits per heavy atom. The highest BCUT2D eigenvalue weighted by molar-refractivity contribution is 7.92. The lowest BCUT2D eigenvalue weighted by molar-refractivity contribution is 0.0189. The molecule has 0 radical (unpaired) electrons. The Morgan fingerprint density at radius 1 is 1.11 bits per heavy atom. The predicted molar refractivity (Wildman–Crippen MR) is 161 cm³/mol. The molecule has 1 aliphatic heterocycles. The van der Waals surface area contributed by atoms with Gasteiger partial charge < -0.3 is 15.4 Å². The fraction of sp³-hybridized carbons (Fsp3) is 0.367. The van der Waals surface area contributed by atoms with Gasteiger partial charge in [-0.05, 0) is 56.7 Å². The molecule has 2 aromatic carbocycles. The number of piperidine rings is 1. The van der Waals surface area contributed by atoms with Gasteiger partial charge in [-0.2, -0.15) is 0 Å². The summed E-state index contributed by atoms with van der Waals surface area (Å²) in [6.45, 7) is 4.75. The molecule has 0 amide bonds. The van der Waals surface area contributed by atoms with E-state index in [4.69, 9.17) is 4.74 Å². The fourth-order valence-electron chi connectivity index (χ4n) is 5.01. The fourth-order valence-corrected chi connectivity index (χ4v) is 6.26. The average molecular weight is 633 g/mol. The van der Waals surface area contributed by atoms with Crippen LogP contribution in [0.25, 0.3) is 22.0 Å². The van der Waals surface area contributed by atoms with E-state index in [1.807, 2.05) is 0 Å². The van der Waals surface area contributed by atoms with E-state index in [9.17, 15) is 26.0 Å². The van der Waals surface area contributed by atoms with Crippen LogP contribution >= 0.6 is 0 Å². The molecule has 234 valence electrons. The largest absolute Gasteiger partial charge is 0.437 e. The second-order valence-electron chi connectivity index (χ2n) is 11.3. The first-order chi connectivity index (χ1) is 20.7. The van der Waals surface area contributed by atoms with Crippen molar-refractivity contribution in [2.24, 2.45) is 0 Å². The normalized spacial score (nSPS) is 19.1. The van der Waals surface area contributed by atoms with Crippen LogP contribution in [0, 0.1) is 12.7 Å². The van der Waals surface area contributed by atoms with Gasteiger partial charge in [0.25, 0.3) is 0 Å². The van der Waals surface area contributed by atoms with Gasteiger partial charge in [0, 0.05) is 55.1 Å². The number of rotatable bonds is 10. The minimum absolute atomic E-state index is 0.167. The number of aryl methyl sites for hydroxylation is 1. The molecule has 0 spiro atoms. The summed E-state index contributed by atoms with van der Waals surface area (Å²) in [5.41, 5.74) is -0.108. The monoisotopic (exact) mass is 632 g/mol. The molecule has 2 aromatic heterocycles. The first kappa shape index (κ1) is 31.4. The van der Waals surface area contributed by atoms with Crippen LogP contribution in [0.5, 0.6) is 11.6 Å². The summed E-state index contributed by atoms with van der Waals surface area (Å²) in [5, 5.41) is 6.78. The van der Waals surface area contributed by atoms with Crippen LogP contribution in [-0.4, -0.2) is 59.8 Å². The van der Waals surface area contributed by atoms with Crippen molar-refractivity contribution < 1.29 is 30.7 Å². The topological polar surface area (TPSA) is 118 Å². The third-order valence-electron chi connectivity index (χ3n) is 7.16. The van der Waals surface area contributed by atoms with E-state index >= 15 is 0 Å². The molecule has 1 unspecified atom stereocenters. The minimum atomic E-state index is -4.30. The van der Waals surface area contributed by atoms with Crippen molar-refractivity contribution in [2.45, 2.75) is 51.2 Å².